The zero-order chi connectivity index (χ0) is 16.0. The van der Waals surface area contributed by atoms with Crippen LogP contribution in [-0.4, -0.2) is 42.0 Å². The Morgan fingerprint density at radius 2 is 1.76 bits per heavy atom. The molecule has 1 aliphatic rings. The maximum Gasteiger partial charge on any atom is 0.237 e. The molecule has 0 aliphatic heterocycles. The summed E-state index contributed by atoms with van der Waals surface area (Å²) in [5.74, 6) is 1.14. The van der Waals surface area contributed by atoms with Crippen molar-refractivity contribution in [2.45, 2.75) is 71.9 Å². The van der Waals surface area contributed by atoms with E-state index in [1.807, 2.05) is 6.92 Å². The van der Waals surface area contributed by atoms with Gasteiger partial charge in [-0.3, -0.25) is 4.79 Å². The van der Waals surface area contributed by atoms with Gasteiger partial charge in [-0.15, -0.1) is 0 Å². The Bertz CT molecular complexity index is 316. The van der Waals surface area contributed by atoms with Crippen LogP contribution in [-0.2, 0) is 4.79 Å². The number of nitrogens with two attached hydrogens (primary N) is 1. The Morgan fingerprint density at radius 3 is 2.14 bits per heavy atom. The highest BCUT2D eigenvalue weighted by Crippen LogP contribution is 2.24. The minimum atomic E-state index is -0.539. The summed E-state index contributed by atoms with van der Waals surface area (Å²) in [6.45, 7) is 14.3. The van der Waals surface area contributed by atoms with Crippen LogP contribution in [0.3, 0.4) is 0 Å². The van der Waals surface area contributed by atoms with Crippen LogP contribution in [0.5, 0.6) is 0 Å². The van der Waals surface area contributed by atoms with Crippen LogP contribution < -0.4 is 11.1 Å². The first-order valence-electron chi connectivity index (χ1n) is 8.53. The van der Waals surface area contributed by atoms with Gasteiger partial charge in [-0.1, -0.05) is 27.7 Å². The third kappa shape index (κ3) is 7.28. The van der Waals surface area contributed by atoms with Gasteiger partial charge in [0.25, 0.3) is 0 Å². The fourth-order valence-corrected chi connectivity index (χ4v) is 2.89. The molecule has 1 amide bonds. The Kier molecular flexibility index (Phi) is 7.14. The van der Waals surface area contributed by atoms with Gasteiger partial charge in [0, 0.05) is 19.1 Å². The van der Waals surface area contributed by atoms with E-state index in [4.69, 9.17) is 5.73 Å². The Hall–Kier alpha value is -0.610. The highest BCUT2D eigenvalue weighted by molar-refractivity contribution is 5.84. The number of carbonyl (C=O) groups excluding carboxylic acids is 1. The fraction of sp³-hybridized carbons (Fsp3) is 0.941. The van der Waals surface area contributed by atoms with Gasteiger partial charge in [-0.2, -0.15) is 0 Å². The second-order valence-electron chi connectivity index (χ2n) is 7.77. The van der Waals surface area contributed by atoms with E-state index in [2.05, 4.69) is 37.9 Å². The third-order valence-corrected chi connectivity index (χ3v) is 4.04. The van der Waals surface area contributed by atoms with Gasteiger partial charge in [-0.25, -0.2) is 0 Å². The number of carbonyl (C=O) groups is 1. The zero-order valence-corrected chi connectivity index (χ0v) is 14.6. The maximum absolute atomic E-state index is 11.8. The molecule has 0 saturated heterocycles. The molecule has 21 heavy (non-hydrogen) atoms. The number of rotatable bonds is 11. The van der Waals surface area contributed by atoms with Crippen molar-refractivity contribution in [2.24, 2.45) is 17.6 Å². The SMILES string of the molecule is CC(C)CN(CCCC(C)(NC1CC1)C(N)=O)CC(C)C. The quantitative estimate of drug-likeness (QED) is 0.615. The number of nitrogens with zero attached hydrogens (tertiary/aromatic N) is 1. The molecule has 0 aromatic carbocycles. The lowest BCUT2D eigenvalue weighted by molar-refractivity contribution is -0.124. The second-order valence-corrected chi connectivity index (χ2v) is 7.77. The van der Waals surface area contributed by atoms with Crippen LogP contribution in [0, 0.1) is 11.8 Å². The van der Waals surface area contributed by atoms with Crippen LogP contribution in [0.25, 0.3) is 0 Å². The minimum Gasteiger partial charge on any atom is -0.368 e. The molecule has 0 aromatic rings. The number of primary amides is 1. The van der Waals surface area contributed by atoms with Crippen LogP contribution in [0.1, 0.15) is 60.3 Å². The topological polar surface area (TPSA) is 58.4 Å². The summed E-state index contributed by atoms with van der Waals surface area (Å²) >= 11 is 0. The predicted molar refractivity (Wildman–Crippen MR) is 89.1 cm³/mol. The first-order chi connectivity index (χ1) is 9.73. The Balaban J connectivity index is 2.43. The van der Waals surface area contributed by atoms with E-state index in [1.54, 1.807) is 0 Å². The number of hydrogen-bond donors (Lipinski definition) is 2. The third-order valence-electron chi connectivity index (χ3n) is 4.04. The molecule has 1 saturated carbocycles. The second kappa shape index (κ2) is 8.14. The molecule has 1 unspecified atom stereocenters. The van der Waals surface area contributed by atoms with E-state index in [1.165, 1.54) is 12.8 Å². The fourth-order valence-electron chi connectivity index (χ4n) is 2.89. The molecular formula is C17H35N3O. The van der Waals surface area contributed by atoms with Gasteiger partial charge < -0.3 is 16.0 Å². The largest absolute Gasteiger partial charge is 0.368 e. The molecule has 3 N–H and O–H groups in total. The predicted octanol–water partition coefficient (Wildman–Crippen LogP) is 2.38. The van der Waals surface area contributed by atoms with Gasteiger partial charge in [0.1, 0.15) is 0 Å². The summed E-state index contributed by atoms with van der Waals surface area (Å²) in [7, 11) is 0. The van der Waals surface area contributed by atoms with Crippen molar-refractivity contribution >= 4 is 5.91 Å². The molecule has 1 fully saturated rings. The van der Waals surface area contributed by atoms with E-state index in [-0.39, 0.29) is 5.91 Å². The molecule has 4 nitrogen and oxygen atoms in total. The van der Waals surface area contributed by atoms with Gasteiger partial charge in [-0.05, 0) is 51.0 Å². The molecule has 124 valence electrons. The van der Waals surface area contributed by atoms with E-state index in [0.29, 0.717) is 17.9 Å². The summed E-state index contributed by atoms with van der Waals surface area (Å²) in [5, 5.41) is 3.43. The summed E-state index contributed by atoms with van der Waals surface area (Å²) in [6.07, 6.45) is 4.19. The average molecular weight is 297 g/mol. The molecule has 0 aromatic heterocycles. The van der Waals surface area contributed by atoms with Crippen molar-refractivity contribution in [3.63, 3.8) is 0 Å². The minimum absolute atomic E-state index is 0.214. The molecule has 1 rings (SSSR count). The highest BCUT2D eigenvalue weighted by atomic mass is 16.1. The molecule has 1 aliphatic carbocycles. The van der Waals surface area contributed by atoms with Crippen molar-refractivity contribution in [3.8, 4) is 0 Å². The summed E-state index contributed by atoms with van der Waals surface area (Å²) in [5.41, 5.74) is 5.07. The van der Waals surface area contributed by atoms with Crippen molar-refractivity contribution in [1.82, 2.24) is 10.2 Å². The van der Waals surface area contributed by atoms with Crippen molar-refractivity contribution in [2.75, 3.05) is 19.6 Å². The number of nitrogens with one attached hydrogen (secondary N) is 1. The van der Waals surface area contributed by atoms with Crippen molar-refractivity contribution in [1.29, 1.82) is 0 Å². The van der Waals surface area contributed by atoms with Gasteiger partial charge in [0.2, 0.25) is 5.91 Å². The van der Waals surface area contributed by atoms with E-state index < -0.39 is 5.54 Å². The molecule has 4 heteroatoms. The zero-order valence-electron chi connectivity index (χ0n) is 14.6. The standard InChI is InChI=1S/C17H35N3O/c1-13(2)11-20(12-14(3)4)10-6-9-17(5,16(18)21)19-15-7-8-15/h13-15,19H,6-12H2,1-5H3,(H2,18,21). The maximum atomic E-state index is 11.8. The molecule has 0 radical (unpaired) electrons. The van der Waals surface area contributed by atoms with Crippen molar-refractivity contribution < 1.29 is 4.79 Å². The molecule has 0 spiro atoms. The monoisotopic (exact) mass is 297 g/mol. The summed E-state index contributed by atoms with van der Waals surface area (Å²) < 4.78 is 0. The smallest absolute Gasteiger partial charge is 0.237 e. The molecule has 0 heterocycles. The Labute approximate surface area is 130 Å². The van der Waals surface area contributed by atoms with Crippen LogP contribution in [0.15, 0.2) is 0 Å². The van der Waals surface area contributed by atoms with Gasteiger partial charge >= 0.3 is 0 Å². The summed E-state index contributed by atoms with van der Waals surface area (Å²) in [6, 6.07) is 0.505. The lowest BCUT2D eigenvalue weighted by Gasteiger charge is -2.30. The van der Waals surface area contributed by atoms with Crippen LogP contribution in [0.2, 0.25) is 0 Å². The normalized spacial score (nSPS) is 18.5. The average Bonchev–Trinajstić information content (AvgIpc) is 3.10. The van der Waals surface area contributed by atoms with Gasteiger partial charge in [0.05, 0.1) is 5.54 Å². The van der Waals surface area contributed by atoms with E-state index in [9.17, 15) is 4.79 Å². The van der Waals surface area contributed by atoms with Crippen LogP contribution >= 0.6 is 0 Å². The molecular weight excluding hydrogens is 262 g/mol. The van der Waals surface area contributed by atoms with Gasteiger partial charge in [0.15, 0.2) is 0 Å². The molecule has 0 bridgehead atoms. The van der Waals surface area contributed by atoms with Crippen LogP contribution in [0.4, 0.5) is 0 Å². The first-order valence-corrected chi connectivity index (χ1v) is 8.53. The number of amides is 1. The van der Waals surface area contributed by atoms with E-state index in [0.717, 1.165) is 32.5 Å². The summed E-state index contributed by atoms with van der Waals surface area (Å²) in [4.78, 5) is 14.3. The van der Waals surface area contributed by atoms with Crippen molar-refractivity contribution in [3.05, 3.63) is 0 Å². The Morgan fingerprint density at radius 1 is 1.24 bits per heavy atom. The lowest BCUT2D eigenvalue weighted by atomic mass is 9.94. The van der Waals surface area contributed by atoms with E-state index >= 15 is 0 Å². The highest BCUT2D eigenvalue weighted by Gasteiger charge is 2.36. The molecule has 1 atom stereocenters. The lowest BCUT2D eigenvalue weighted by Crippen LogP contribution is -2.54. The number of hydrogen-bond acceptors (Lipinski definition) is 3. The first kappa shape index (κ1) is 18.4.